The Bertz CT molecular complexity index is 3250. The number of aromatic nitrogens is 4. The Morgan fingerprint density at radius 3 is 1.44 bits per heavy atom. The van der Waals surface area contributed by atoms with E-state index in [-0.39, 0.29) is 0 Å². The third-order valence-electron chi connectivity index (χ3n) is 12.5. The van der Waals surface area contributed by atoms with Crippen LogP contribution in [-0.4, -0.2) is 19.5 Å². The minimum absolute atomic E-state index is 0.652. The summed E-state index contributed by atoms with van der Waals surface area (Å²) in [5, 5.41) is 2.37. The second-order valence-electron chi connectivity index (χ2n) is 16.2. The molecule has 0 bridgehead atoms. The lowest BCUT2D eigenvalue weighted by Crippen LogP contribution is -2.09. The van der Waals surface area contributed by atoms with Gasteiger partial charge in [0.15, 0.2) is 17.5 Å². The number of para-hydroxylation sites is 1. The van der Waals surface area contributed by atoms with Crippen LogP contribution in [-0.2, 0) is 0 Å². The van der Waals surface area contributed by atoms with Crippen molar-refractivity contribution in [1.82, 2.24) is 19.5 Å². The number of fused-ring (bicyclic) bond motifs is 3. The Hall–Kier alpha value is -8.13. The largest absolute Gasteiger partial charge is 0.301 e. The zero-order valence-electron chi connectivity index (χ0n) is 35.2. The summed E-state index contributed by atoms with van der Waals surface area (Å²) in [6.07, 6.45) is 6.47. The Kier molecular flexibility index (Phi) is 9.64. The van der Waals surface area contributed by atoms with Crippen LogP contribution in [0, 0.1) is 26.0 Å². The lowest BCUT2D eigenvalue weighted by molar-refractivity contribution is 1.06. The van der Waals surface area contributed by atoms with E-state index in [2.05, 4.69) is 158 Å². The van der Waals surface area contributed by atoms with Gasteiger partial charge in [0.05, 0.1) is 11.2 Å². The highest BCUT2D eigenvalue weighted by Gasteiger charge is 2.28. The van der Waals surface area contributed by atoms with Gasteiger partial charge in [-0.1, -0.05) is 182 Å². The molecule has 0 radical (unpaired) electrons. The molecule has 11 rings (SSSR count). The standard InChI is InChI=1S/C59H42N4/c1-39-40(2)54(44-21-9-4-10-22-44)56(63-51-29-17-15-27-49(51)50-28-16-18-30-52(50)63)55(53(39)43-19-7-3-8-20-43)45-35-31-41(32-36-45)42-33-37-48(38-34-42)59-61-57(46-23-11-5-12-24-46)60-58(62-59)47-25-13-6-14-26-47/h3-17,19-29,31,33-35,37-38H,32,36H2,1-2H3. The number of allylic oxidation sites excluding steroid dienone is 4. The molecule has 2 heterocycles. The third kappa shape index (κ3) is 6.81. The van der Waals surface area contributed by atoms with Gasteiger partial charge in [-0.25, -0.2) is 15.0 Å². The van der Waals surface area contributed by atoms with Crippen LogP contribution in [0.3, 0.4) is 0 Å². The summed E-state index contributed by atoms with van der Waals surface area (Å²) in [5.74, 6) is 1.96. The number of hydrogen-bond acceptors (Lipinski definition) is 3. The Morgan fingerprint density at radius 1 is 0.413 bits per heavy atom. The molecule has 1 aliphatic carbocycles. The van der Waals surface area contributed by atoms with Crippen LogP contribution < -0.4 is 0 Å². The van der Waals surface area contributed by atoms with E-state index in [0.29, 0.717) is 17.5 Å². The van der Waals surface area contributed by atoms with Crippen LogP contribution >= 0.6 is 0 Å². The van der Waals surface area contributed by atoms with E-state index in [1.165, 1.54) is 72.1 Å². The van der Waals surface area contributed by atoms with Gasteiger partial charge < -0.3 is 4.57 Å². The zero-order chi connectivity index (χ0) is 42.3. The van der Waals surface area contributed by atoms with Gasteiger partial charge >= 0.3 is 0 Å². The van der Waals surface area contributed by atoms with Gasteiger partial charge in [-0.15, -0.1) is 0 Å². The van der Waals surface area contributed by atoms with Crippen molar-refractivity contribution in [3.8, 4) is 62.1 Å². The van der Waals surface area contributed by atoms with E-state index in [1.807, 2.05) is 66.7 Å². The fourth-order valence-electron chi connectivity index (χ4n) is 9.32. The number of rotatable bonds is 8. The summed E-state index contributed by atoms with van der Waals surface area (Å²) in [6, 6.07) is 70.6. The molecule has 10 aromatic rings. The van der Waals surface area contributed by atoms with Gasteiger partial charge in [0.25, 0.3) is 0 Å². The highest BCUT2D eigenvalue weighted by Crippen LogP contribution is 2.49. The molecular weight excluding hydrogens is 765 g/mol. The van der Waals surface area contributed by atoms with Crippen LogP contribution in [0.1, 0.15) is 35.1 Å². The van der Waals surface area contributed by atoms with Crippen LogP contribution in [0.15, 0.2) is 194 Å². The molecule has 0 atom stereocenters. The predicted molar refractivity (Wildman–Crippen MR) is 260 cm³/mol. The third-order valence-corrected chi connectivity index (χ3v) is 12.5. The SMILES string of the molecule is Cc1c(C)c(-c2ccccc2)c(-n2c3c#cccc3c3ccccc32)c(C2=CC=C(c3ccc(-c4nc(-c5ccccc5)nc(-c5ccccc5)n4)cc3)CC2)c1-c1ccccc1. The topological polar surface area (TPSA) is 43.6 Å². The average Bonchev–Trinajstić information content (AvgIpc) is 3.69. The maximum atomic E-state index is 4.98. The van der Waals surface area contributed by atoms with Gasteiger partial charge in [-0.05, 0) is 95.5 Å². The molecule has 1 aliphatic rings. The first-order chi connectivity index (χ1) is 31.1. The summed E-state index contributed by atoms with van der Waals surface area (Å²) >= 11 is 0. The van der Waals surface area contributed by atoms with Crippen molar-refractivity contribution in [2.45, 2.75) is 26.7 Å². The second kappa shape index (κ2) is 16.0. The van der Waals surface area contributed by atoms with Crippen molar-refractivity contribution in [2.75, 3.05) is 0 Å². The Morgan fingerprint density at radius 2 is 0.873 bits per heavy atom. The molecule has 0 fully saturated rings. The highest BCUT2D eigenvalue weighted by atomic mass is 15.0. The molecule has 4 heteroatoms. The normalized spacial score (nSPS) is 12.5. The fraction of sp³-hybridized carbons (Fsp3) is 0.0678. The summed E-state index contributed by atoms with van der Waals surface area (Å²) < 4.78 is 2.46. The van der Waals surface area contributed by atoms with E-state index in [0.717, 1.165) is 40.6 Å². The van der Waals surface area contributed by atoms with Crippen molar-refractivity contribution in [3.05, 3.63) is 229 Å². The molecule has 2 aromatic heterocycles. The maximum Gasteiger partial charge on any atom is 0.164 e. The molecule has 8 aromatic carbocycles. The Labute approximate surface area is 368 Å². The van der Waals surface area contributed by atoms with E-state index in [9.17, 15) is 0 Å². The van der Waals surface area contributed by atoms with E-state index in [4.69, 9.17) is 15.0 Å². The molecule has 0 unspecified atom stereocenters. The molecular formula is C59H42N4. The molecule has 4 nitrogen and oxygen atoms in total. The zero-order valence-corrected chi connectivity index (χ0v) is 35.2. The molecule has 0 saturated heterocycles. The van der Waals surface area contributed by atoms with Crippen LogP contribution in [0.2, 0.25) is 0 Å². The number of hydrogen-bond donors (Lipinski definition) is 0. The minimum Gasteiger partial charge on any atom is -0.301 e. The summed E-state index contributed by atoms with van der Waals surface area (Å²) in [5.41, 5.74) is 18.7. The van der Waals surface area contributed by atoms with Crippen molar-refractivity contribution in [1.29, 1.82) is 0 Å². The Balaban J connectivity index is 1.07. The average molecular weight is 807 g/mol. The first-order valence-corrected chi connectivity index (χ1v) is 21.6. The lowest BCUT2D eigenvalue weighted by Gasteiger charge is -2.28. The molecule has 0 saturated carbocycles. The van der Waals surface area contributed by atoms with Gasteiger partial charge in [-0.2, -0.15) is 0 Å². The quantitative estimate of drug-likeness (QED) is 0.154. The lowest BCUT2D eigenvalue weighted by atomic mass is 9.79. The predicted octanol–water partition coefficient (Wildman–Crippen LogP) is 14.8. The number of benzene rings is 7. The van der Waals surface area contributed by atoms with Crippen LogP contribution in [0.4, 0.5) is 0 Å². The first kappa shape index (κ1) is 37.8. The van der Waals surface area contributed by atoms with Gasteiger partial charge in [-0.3, -0.25) is 0 Å². The van der Waals surface area contributed by atoms with E-state index >= 15 is 0 Å². The van der Waals surface area contributed by atoms with Crippen molar-refractivity contribution in [2.24, 2.45) is 0 Å². The molecule has 0 amide bonds. The first-order valence-electron chi connectivity index (χ1n) is 21.6. The van der Waals surface area contributed by atoms with Gasteiger partial charge in [0.1, 0.15) is 5.52 Å². The summed E-state index contributed by atoms with van der Waals surface area (Å²) in [4.78, 5) is 14.8. The summed E-state index contributed by atoms with van der Waals surface area (Å²) in [7, 11) is 0. The fourth-order valence-corrected chi connectivity index (χ4v) is 9.32. The minimum atomic E-state index is 0.652. The van der Waals surface area contributed by atoms with Crippen molar-refractivity contribution < 1.29 is 0 Å². The molecule has 0 N–H and O–H groups in total. The molecule has 0 aliphatic heterocycles. The molecule has 0 spiro atoms. The van der Waals surface area contributed by atoms with Crippen LogP contribution in [0.25, 0.3) is 95.1 Å². The highest BCUT2D eigenvalue weighted by molar-refractivity contribution is 6.11. The van der Waals surface area contributed by atoms with E-state index < -0.39 is 0 Å². The van der Waals surface area contributed by atoms with Crippen molar-refractivity contribution in [3.63, 3.8) is 0 Å². The smallest absolute Gasteiger partial charge is 0.164 e. The monoisotopic (exact) mass is 806 g/mol. The summed E-state index contributed by atoms with van der Waals surface area (Å²) in [6.45, 7) is 4.59. The van der Waals surface area contributed by atoms with Crippen LogP contribution in [0.5, 0.6) is 0 Å². The molecule has 63 heavy (non-hydrogen) atoms. The molecule has 298 valence electrons. The van der Waals surface area contributed by atoms with E-state index in [1.54, 1.807) is 0 Å². The van der Waals surface area contributed by atoms with Gasteiger partial charge in [0.2, 0.25) is 0 Å². The van der Waals surface area contributed by atoms with Gasteiger partial charge in [0, 0.05) is 38.6 Å². The number of nitrogens with zero attached hydrogens (tertiary/aromatic N) is 4. The second-order valence-corrected chi connectivity index (χ2v) is 16.2. The van der Waals surface area contributed by atoms with Crippen molar-refractivity contribution >= 4 is 33.0 Å². The maximum absolute atomic E-state index is 4.98.